The number of hydrogen-bond donors (Lipinski definition) is 1. The van der Waals surface area contributed by atoms with Crippen LogP contribution in [0, 0.1) is 18.8 Å². The van der Waals surface area contributed by atoms with E-state index < -0.39 is 10.0 Å². The first-order chi connectivity index (χ1) is 11.9. The van der Waals surface area contributed by atoms with Gasteiger partial charge in [-0.15, -0.1) is 0 Å². The van der Waals surface area contributed by atoms with Gasteiger partial charge in [0.15, 0.2) is 0 Å². The first kappa shape index (κ1) is 17.0. The number of benzene rings is 1. The van der Waals surface area contributed by atoms with Crippen LogP contribution in [0.3, 0.4) is 0 Å². The lowest BCUT2D eigenvalue weighted by molar-refractivity contribution is -0.127. The molecule has 3 atom stereocenters. The highest BCUT2D eigenvalue weighted by molar-refractivity contribution is 7.89. The molecule has 25 heavy (non-hydrogen) atoms. The smallest absolute Gasteiger partial charge is 0.243 e. The molecule has 1 aromatic carbocycles. The molecule has 1 saturated carbocycles. The Hall–Kier alpha value is -1.44. The van der Waals surface area contributed by atoms with Crippen molar-refractivity contribution in [1.29, 1.82) is 0 Å². The van der Waals surface area contributed by atoms with Crippen molar-refractivity contribution < 1.29 is 17.9 Å². The summed E-state index contributed by atoms with van der Waals surface area (Å²) in [7, 11) is -3.55. The predicted octanol–water partition coefficient (Wildman–Crippen LogP) is 1.30. The molecule has 136 valence electrons. The van der Waals surface area contributed by atoms with Crippen molar-refractivity contribution in [2.24, 2.45) is 11.8 Å². The summed E-state index contributed by atoms with van der Waals surface area (Å²) in [6.45, 7) is 3.22. The fourth-order valence-corrected chi connectivity index (χ4v) is 5.14. The molecule has 3 aliphatic rings. The fourth-order valence-electron chi connectivity index (χ4n) is 3.65. The molecular weight excluding hydrogens is 340 g/mol. The molecular formula is C18H24N2O4S. The van der Waals surface area contributed by atoms with E-state index in [1.807, 2.05) is 6.92 Å². The number of sulfonamides is 1. The van der Waals surface area contributed by atoms with E-state index in [9.17, 15) is 13.2 Å². The van der Waals surface area contributed by atoms with E-state index in [1.165, 1.54) is 17.1 Å². The van der Waals surface area contributed by atoms with Gasteiger partial charge in [0.05, 0.1) is 23.0 Å². The molecule has 0 spiro atoms. The highest BCUT2D eigenvalue weighted by atomic mass is 32.2. The highest BCUT2D eigenvalue weighted by Gasteiger charge is 2.47. The Morgan fingerprint density at radius 2 is 1.96 bits per heavy atom. The second kappa shape index (κ2) is 6.37. The minimum Gasteiger partial charge on any atom is -0.371 e. The van der Waals surface area contributed by atoms with Crippen LogP contribution in [0.5, 0.6) is 0 Å². The van der Waals surface area contributed by atoms with Gasteiger partial charge in [-0.1, -0.05) is 17.7 Å². The van der Waals surface area contributed by atoms with Gasteiger partial charge in [-0.25, -0.2) is 8.42 Å². The van der Waals surface area contributed by atoms with E-state index in [0.717, 1.165) is 12.1 Å². The van der Waals surface area contributed by atoms with Gasteiger partial charge in [0, 0.05) is 19.6 Å². The van der Waals surface area contributed by atoms with Crippen LogP contribution in [0.1, 0.15) is 24.8 Å². The zero-order valence-corrected chi connectivity index (χ0v) is 15.2. The van der Waals surface area contributed by atoms with E-state index in [0.29, 0.717) is 23.8 Å². The third kappa shape index (κ3) is 3.45. The number of hydrogen-bond acceptors (Lipinski definition) is 4. The van der Waals surface area contributed by atoms with Crippen LogP contribution < -0.4 is 5.32 Å². The van der Waals surface area contributed by atoms with Crippen LogP contribution in [0.15, 0.2) is 29.2 Å². The first-order valence-electron chi connectivity index (χ1n) is 8.93. The summed E-state index contributed by atoms with van der Waals surface area (Å²) in [6, 6.07) is 6.88. The second-order valence-corrected chi connectivity index (χ2v) is 9.40. The average Bonchev–Trinajstić information content (AvgIpc) is 3.37. The maximum atomic E-state index is 12.9. The molecule has 2 bridgehead atoms. The van der Waals surface area contributed by atoms with Crippen LogP contribution in [0.2, 0.25) is 0 Å². The van der Waals surface area contributed by atoms with Crippen molar-refractivity contribution in [3.63, 3.8) is 0 Å². The van der Waals surface area contributed by atoms with Crippen LogP contribution >= 0.6 is 0 Å². The van der Waals surface area contributed by atoms with Gasteiger partial charge < -0.3 is 10.1 Å². The first-order valence-corrected chi connectivity index (χ1v) is 10.4. The number of morpholine rings is 1. The van der Waals surface area contributed by atoms with Gasteiger partial charge in [-0.05, 0) is 44.2 Å². The number of ether oxygens (including phenoxy) is 1. The SMILES string of the molecule is Cc1ccc(S(=O)(=O)N2CC3CC(C(=O)NCC4CC4)C(C2)O3)cc1. The van der Waals surface area contributed by atoms with Crippen molar-refractivity contribution in [1.82, 2.24) is 9.62 Å². The molecule has 6 nitrogen and oxygen atoms in total. The Morgan fingerprint density at radius 1 is 1.24 bits per heavy atom. The molecule has 7 heteroatoms. The molecule has 1 aliphatic carbocycles. The lowest BCUT2D eigenvalue weighted by atomic mass is 9.99. The lowest BCUT2D eigenvalue weighted by Gasteiger charge is -2.32. The number of amides is 1. The molecule has 1 N–H and O–H groups in total. The summed E-state index contributed by atoms with van der Waals surface area (Å²) in [5.41, 5.74) is 1.02. The van der Waals surface area contributed by atoms with Crippen molar-refractivity contribution in [3.05, 3.63) is 29.8 Å². The molecule has 1 amide bonds. The fraction of sp³-hybridized carbons (Fsp3) is 0.611. The highest BCUT2D eigenvalue weighted by Crippen LogP contribution is 2.35. The quantitative estimate of drug-likeness (QED) is 0.854. The second-order valence-electron chi connectivity index (χ2n) is 7.46. The predicted molar refractivity (Wildman–Crippen MR) is 92.4 cm³/mol. The van der Waals surface area contributed by atoms with E-state index in [1.54, 1.807) is 24.3 Å². The van der Waals surface area contributed by atoms with Gasteiger partial charge in [0.1, 0.15) is 0 Å². The van der Waals surface area contributed by atoms with Gasteiger partial charge in [0.25, 0.3) is 0 Å². The van der Waals surface area contributed by atoms with Crippen LogP contribution in [0.25, 0.3) is 0 Å². The third-order valence-electron chi connectivity index (χ3n) is 5.38. The van der Waals surface area contributed by atoms with Crippen molar-refractivity contribution >= 4 is 15.9 Å². The topological polar surface area (TPSA) is 75.7 Å². The molecule has 0 radical (unpaired) electrons. The summed E-state index contributed by atoms with van der Waals surface area (Å²) in [5, 5.41) is 3.00. The Labute approximate surface area is 148 Å². The maximum Gasteiger partial charge on any atom is 0.243 e. The van der Waals surface area contributed by atoms with Crippen LogP contribution in [-0.2, 0) is 19.6 Å². The Kier molecular flexibility index (Phi) is 4.33. The van der Waals surface area contributed by atoms with Crippen molar-refractivity contribution in [2.75, 3.05) is 19.6 Å². The van der Waals surface area contributed by atoms with Gasteiger partial charge >= 0.3 is 0 Å². The number of nitrogens with zero attached hydrogens (tertiary/aromatic N) is 1. The Morgan fingerprint density at radius 3 is 2.64 bits per heavy atom. The van der Waals surface area contributed by atoms with Crippen molar-refractivity contribution in [3.8, 4) is 0 Å². The Balaban J connectivity index is 1.45. The van der Waals surface area contributed by atoms with E-state index in [2.05, 4.69) is 5.32 Å². The summed E-state index contributed by atoms with van der Waals surface area (Å²) < 4.78 is 33.1. The standard InChI is InChI=1S/C18H24N2O4S/c1-12-2-6-15(7-3-12)25(22,23)20-10-14-8-16(17(11-20)24-14)18(21)19-9-13-4-5-13/h2-3,6-7,13-14,16-17H,4-5,8-11H2,1H3,(H,19,21). The van der Waals surface area contributed by atoms with Gasteiger partial charge in [-0.2, -0.15) is 4.31 Å². The Bertz CT molecular complexity index is 758. The number of rotatable bonds is 5. The third-order valence-corrected chi connectivity index (χ3v) is 7.23. The average molecular weight is 364 g/mol. The number of nitrogens with one attached hydrogen (secondary N) is 1. The molecule has 1 aromatic rings. The molecule has 3 fully saturated rings. The molecule has 0 aromatic heterocycles. The lowest BCUT2D eigenvalue weighted by Crippen LogP contribution is -2.47. The minimum atomic E-state index is -3.55. The number of fused-ring (bicyclic) bond motifs is 2. The van der Waals surface area contributed by atoms with E-state index in [4.69, 9.17) is 4.74 Å². The molecule has 2 aliphatic heterocycles. The van der Waals surface area contributed by atoms with Gasteiger partial charge in [0.2, 0.25) is 15.9 Å². The summed E-state index contributed by atoms with van der Waals surface area (Å²) >= 11 is 0. The van der Waals surface area contributed by atoms with Crippen LogP contribution in [-0.4, -0.2) is 50.5 Å². The zero-order valence-electron chi connectivity index (χ0n) is 14.3. The zero-order chi connectivity index (χ0) is 17.6. The number of carbonyl (C=O) groups excluding carboxylic acids is 1. The van der Waals surface area contributed by atoms with Crippen molar-refractivity contribution in [2.45, 2.75) is 43.3 Å². The van der Waals surface area contributed by atoms with Gasteiger partial charge in [-0.3, -0.25) is 4.79 Å². The van der Waals surface area contributed by atoms with Crippen LogP contribution in [0.4, 0.5) is 0 Å². The van der Waals surface area contributed by atoms with E-state index >= 15 is 0 Å². The summed E-state index contributed by atoms with van der Waals surface area (Å²) in [5.74, 6) is 0.389. The largest absolute Gasteiger partial charge is 0.371 e. The summed E-state index contributed by atoms with van der Waals surface area (Å²) in [6.07, 6.45) is 2.43. The molecule has 4 rings (SSSR count). The number of aryl methyl sites for hydroxylation is 1. The molecule has 3 unspecified atom stereocenters. The monoisotopic (exact) mass is 364 g/mol. The minimum absolute atomic E-state index is 0.00832. The normalized spacial score (nSPS) is 29.6. The maximum absolute atomic E-state index is 12.9. The number of carbonyl (C=O) groups is 1. The van der Waals surface area contributed by atoms with E-state index in [-0.39, 0.29) is 30.6 Å². The summed E-state index contributed by atoms with van der Waals surface area (Å²) in [4.78, 5) is 12.7. The molecule has 2 heterocycles. The molecule has 2 saturated heterocycles.